The molecule has 0 bridgehead atoms. The number of nitrogens with zero attached hydrogens (tertiary/aromatic N) is 2. The fraction of sp³-hybridized carbons (Fsp3) is 0.250. The van der Waals surface area contributed by atoms with Crippen molar-refractivity contribution in [3.05, 3.63) is 70.1 Å². The second kappa shape index (κ2) is 9.68. The number of para-hydroxylation sites is 2. The molecular formula is C20H21F3N2O3. The van der Waals surface area contributed by atoms with E-state index in [0.29, 0.717) is 5.52 Å². The van der Waals surface area contributed by atoms with Gasteiger partial charge >= 0.3 is 12.1 Å². The molecule has 3 aromatic rings. The summed E-state index contributed by atoms with van der Waals surface area (Å²) in [6.45, 7) is 8.00. The average Bonchev–Trinajstić information content (AvgIpc) is 2.70. The molecule has 1 N–H and O–H groups in total. The Labute approximate surface area is 160 Å². The van der Waals surface area contributed by atoms with E-state index in [-0.39, 0.29) is 11.2 Å². The number of benzene rings is 2. The molecule has 0 saturated heterocycles. The lowest BCUT2D eigenvalue weighted by atomic mass is 10.2. The van der Waals surface area contributed by atoms with Crippen LogP contribution in [0.3, 0.4) is 0 Å². The minimum atomic E-state index is -4.50. The Morgan fingerprint density at radius 1 is 0.964 bits per heavy atom. The molecule has 0 unspecified atom stereocenters. The lowest BCUT2D eigenvalue weighted by Gasteiger charge is -2.12. The van der Waals surface area contributed by atoms with Crippen LogP contribution in [0.25, 0.3) is 16.7 Å². The summed E-state index contributed by atoms with van der Waals surface area (Å²) in [7, 11) is 0. The number of fused-ring (bicyclic) bond motifs is 1. The van der Waals surface area contributed by atoms with Crippen molar-refractivity contribution in [2.24, 2.45) is 0 Å². The molecular weight excluding hydrogens is 373 g/mol. The van der Waals surface area contributed by atoms with Crippen LogP contribution in [0.1, 0.15) is 43.7 Å². The molecule has 1 aromatic heterocycles. The predicted octanol–water partition coefficient (Wildman–Crippen LogP) is 5.16. The van der Waals surface area contributed by atoms with Crippen molar-refractivity contribution in [2.45, 2.75) is 33.9 Å². The van der Waals surface area contributed by atoms with Gasteiger partial charge in [0, 0.05) is 5.69 Å². The van der Waals surface area contributed by atoms with Crippen LogP contribution in [0.5, 0.6) is 0 Å². The summed E-state index contributed by atoms with van der Waals surface area (Å²) in [6.07, 6.45) is -4.50. The second-order valence-electron chi connectivity index (χ2n) is 4.94. The SMILES string of the molecule is CC.CC.O=C(O)c1nc2ccccc2n(-c2ccc(C(F)(F)F)cc2)c1=O. The normalized spacial score (nSPS) is 10.4. The van der Waals surface area contributed by atoms with Gasteiger partial charge in [-0.3, -0.25) is 9.36 Å². The van der Waals surface area contributed by atoms with Crippen LogP contribution < -0.4 is 5.56 Å². The highest BCUT2D eigenvalue weighted by molar-refractivity contribution is 5.88. The lowest BCUT2D eigenvalue weighted by molar-refractivity contribution is -0.137. The van der Waals surface area contributed by atoms with Gasteiger partial charge in [-0.05, 0) is 36.4 Å². The van der Waals surface area contributed by atoms with Crippen molar-refractivity contribution in [1.29, 1.82) is 0 Å². The molecule has 0 aliphatic rings. The van der Waals surface area contributed by atoms with Gasteiger partial charge < -0.3 is 5.11 Å². The zero-order chi connectivity index (χ0) is 21.5. The number of carboxylic acid groups (broad SMARTS) is 1. The highest BCUT2D eigenvalue weighted by atomic mass is 19.4. The highest BCUT2D eigenvalue weighted by Crippen LogP contribution is 2.29. The predicted molar refractivity (Wildman–Crippen MR) is 102 cm³/mol. The van der Waals surface area contributed by atoms with Crippen LogP contribution in [0, 0.1) is 0 Å². The van der Waals surface area contributed by atoms with Gasteiger partial charge in [0.05, 0.1) is 16.6 Å². The molecule has 3 rings (SSSR count). The standard InChI is InChI=1S/C16H9F3N2O3.2C2H6/c17-16(18,19)9-5-7-10(8-6-9)21-12-4-2-1-3-11(12)20-13(14(21)22)15(23)24;2*1-2/h1-8H,(H,23,24);2*1-2H3. The summed E-state index contributed by atoms with van der Waals surface area (Å²) in [5.41, 5.74) is -1.82. The zero-order valence-electron chi connectivity index (χ0n) is 15.9. The van der Waals surface area contributed by atoms with Gasteiger partial charge in [0.25, 0.3) is 5.56 Å². The molecule has 0 aliphatic heterocycles. The van der Waals surface area contributed by atoms with E-state index in [2.05, 4.69) is 4.98 Å². The fourth-order valence-corrected chi connectivity index (χ4v) is 2.33. The number of carboxylic acids is 1. The quantitative estimate of drug-likeness (QED) is 0.652. The summed E-state index contributed by atoms with van der Waals surface area (Å²) in [5.74, 6) is -1.51. The Hall–Kier alpha value is -3.16. The first-order chi connectivity index (χ1) is 13.3. The third-order valence-electron chi connectivity index (χ3n) is 3.42. The Morgan fingerprint density at radius 3 is 2.00 bits per heavy atom. The van der Waals surface area contributed by atoms with Crippen molar-refractivity contribution in [3.8, 4) is 5.69 Å². The van der Waals surface area contributed by atoms with E-state index in [0.717, 1.165) is 28.8 Å². The second-order valence-corrected chi connectivity index (χ2v) is 4.94. The Bertz CT molecular complexity index is 994. The molecule has 8 heteroatoms. The number of carbonyl (C=O) groups is 1. The van der Waals surface area contributed by atoms with Crippen molar-refractivity contribution in [3.63, 3.8) is 0 Å². The van der Waals surface area contributed by atoms with Gasteiger partial charge in [-0.25, -0.2) is 9.78 Å². The molecule has 5 nitrogen and oxygen atoms in total. The number of aromatic carboxylic acids is 1. The average molecular weight is 394 g/mol. The third kappa shape index (κ3) is 4.76. The smallest absolute Gasteiger partial charge is 0.416 e. The van der Waals surface area contributed by atoms with Gasteiger partial charge in [-0.1, -0.05) is 39.8 Å². The molecule has 2 aromatic carbocycles. The fourth-order valence-electron chi connectivity index (χ4n) is 2.33. The molecule has 28 heavy (non-hydrogen) atoms. The summed E-state index contributed by atoms with van der Waals surface area (Å²) in [6, 6.07) is 10.2. The van der Waals surface area contributed by atoms with Crippen LogP contribution in [0.4, 0.5) is 13.2 Å². The van der Waals surface area contributed by atoms with Gasteiger partial charge in [0.1, 0.15) is 0 Å². The van der Waals surface area contributed by atoms with Crippen LogP contribution in [0.15, 0.2) is 53.3 Å². The minimum absolute atomic E-state index is 0.120. The summed E-state index contributed by atoms with van der Waals surface area (Å²) >= 11 is 0. The number of alkyl halides is 3. The molecule has 0 amide bonds. The first-order valence-corrected chi connectivity index (χ1v) is 8.72. The topological polar surface area (TPSA) is 72.2 Å². The monoisotopic (exact) mass is 394 g/mol. The van der Waals surface area contributed by atoms with Crippen LogP contribution >= 0.6 is 0 Å². The molecule has 0 radical (unpaired) electrons. The molecule has 150 valence electrons. The Balaban J connectivity index is 0.000000921. The van der Waals surface area contributed by atoms with Crippen molar-refractivity contribution in [2.75, 3.05) is 0 Å². The van der Waals surface area contributed by atoms with Gasteiger partial charge in [-0.2, -0.15) is 13.2 Å². The van der Waals surface area contributed by atoms with E-state index >= 15 is 0 Å². The van der Waals surface area contributed by atoms with E-state index in [1.165, 1.54) is 12.1 Å². The molecule has 0 saturated carbocycles. The summed E-state index contributed by atoms with van der Waals surface area (Å²) in [5, 5.41) is 9.12. The maximum Gasteiger partial charge on any atom is 0.416 e. The lowest BCUT2D eigenvalue weighted by Crippen LogP contribution is -2.27. The summed E-state index contributed by atoms with van der Waals surface area (Å²) < 4.78 is 39.0. The van der Waals surface area contributed by atoms with Crippen molar-refractivity contribution in [1.82, 2.24) is 9.55 Å². The van der Waals surface area contributed by atoms with E-state index in [9.17, 15) is 22.8 Å². The Kier molecular flexibility index (Phi) is 7.91. The minimum Gasteiger partial charge on any atom is -0.476 e. The zero-order valence-corrected chi connectivity index (χ0v) is 15.9. The molecule has 0 aliphatic carbocycles. The first-order valence-electron chi connectivity index (χ1n) is 8.72. The number of halogens is 3. The molecule has 0 spiro atoms. The molecule has 0 atom stereocenters. The van der Waals surface area contributed by atoms with Crippen molar-refractivity contribution >= 4 is 17.0 Å². The maximum atomic E-state index is 12.7. The largest absolute Gasteiger partial charge is 0.476 e. The van der Waals surface area contributed by atoms with Gasteiger partial charge in [-0.15, -0.1) is 0 Å². The Morgan fingerprint density at radius 2 is 1.50 bits per heavy atom. The number of aromatic nitrogens is 2. The maximum absolute atomic E-state index is 12.7. The van der Waals surface area contributed by atoms with E-state index in [1.54, 1.807) is 12.1 Å². The van der Waals surface area contributed by atoms with Crippen LogP contribution in [-0.4, -0.2) is 20.6 Å². The number of rotatable bonds is 2. The van der Waals surface area contributed by atoms with Gasteiger partial charge in [0.2, 0.25) is 5.69 Å². The number of hydrogen-bond acceptors (Lipinski definition) is 3. The van der Waals surface area contributed by atoms with Gasteiger partial charge in [0.15, 0.2) is 0 Å². The highest BCUT2D eigenvalue weighted by Gasteiger charge is 2.30. The van der Waals surface area contributed by atoms with E-state index in [1.807, 2.05) is 27.7 Å². The van der Waals surface area contributed by atoms with E-state index in [4.69, 9.17) is 5.11 Å². The van der Waals surface area contributed by atoms with Crippen LogP contribution in [-0.2, 0) is 6.18 Å². The third-order valence-corrected chi connectivity index (χ3v) is 3.42. The first kappa shape index (κ1) is 22.9. The van der Waals surface area contributed by atoms with E-state index < -0.39 is 29.0 Å². The van der Waals surface area contributed by atoms with Crippen LogP contribution in [0.2, 0.25) is 0 Å². The molecule has 0 fully saturated rings. The van der Waals surface area contributed by atoms with Crippen molar-refractivity contribution < 1.29 is 23.1 Å². The summed E-state index contributed by atoms with van der Waals surface area (Å²) in [4.78, 5) is 27.4. The number of hydrogen-bond donors (Lipinski definition) is 1. The molecule has 1 heterocycles.